The lowest BCUT2D eigenvalue weighted by molar-refractivity contribution is 1.28. The highest BCUT2D eigenvalue weighted by atomic mass is 15.2. The monoisotopic (exact) mass is 855 g/mol. The second-order valence-corrected chi connectivity index (χ2v) is 17.0. The average Bonchev–Trinajstić information content (AvgIpc) is 3.41. The molecule has 3 heteroatoms. The van der Waals surface area contributed by atoms with Crippen LogP contribution in [0.2, 0.25) is 0 Å². The number of rotatable bonds is 11. The van der Waals surface area contributed by atoms with Crippen LogP contribution in [0.3, 0.4) is 0 Å². The van der Waals surface area contributed by atoms with Gasteiger partial charge in [-0.15, -0.1) is 0 Å². The van der Waals surface area contributed by atoms with E-state index in [2.05, 4.69) is 288 Å². The van der Waals surface area contributed by atoms with Crippen molar-refractivity contribution in [2.45, 2.75) is 0 Å². The Labute approximate surface area is 391 Å². The molecule has 3 nitrogen and oxygen atoms in total. The van der Waals surface area contributed by atoms with E-state index in [4.69, 9.17) is 0 Å². The Morgan fingerprint density at radius 2 is 0.463 bits per heavy atom. The van der Waals surface area contributed by atoms with Gasteiger partial charge in [0, 0.05) is 50.9 Å². The summed E-state index contributed by atoms with van der Waals surface area (Å²) in [5.74, 6) is 0. The molecule has 0 radical (unpaired) electrons. The van der Waals surface area contributed by atoms with Gasteiger partial charge in [-0.05, 0) is 152 Å². The molecule has 12 aromatic rings. The van der Waals surface area contributed by atoms with Gasteiger partial charge in [0.1, 0.15) is 0 Å². The molecule has 0 aromatic heterocycles. The van der Waals surface area contributed by atoms with Crippen molar-refractivity contribution in [3.63, 3.8) is 0 Å². The summed E-state index contributed by atoms with van der Waals surface area (Å²) in [7, 11) is 0. The minimum Gasteiger partial charge on any atom is -0.311 e. The van der Waals surface area contributed by atoms with E-state index in [1.165, 1.54) is 32.3 Å². The molecule has 12 rings (SSSR count). The number of hydrogen-bond acceptors (Lipinski definition) is 3. The van der Waals surface area contributed by atoms with Gasteiger partial charge in [0.15, 0.2) is 0 Å². The predicted molar refractivity (Wildman–Crippen MR) is 285 cm³/mol. The summed E-state index contributed by atoms with van der Waals surface area (Å²) < 4.78 is 0. The highest BCUT2D eigenvalue weighted by molar-refractivity contribution is 6.25. The van der Waals surface area contributed by atoms with Gasteiger partial charge in [0.25, 0.3) is 0 Å². The number of hydrogen-bond donors (Lipinski definition) is 0. The molecule has 0 saturated carbocycles. The van der Waals surface area contributed by atoms with Crippen molar-refractivity contribution in [2.75, 3.05) is 14.7 Å². The standard InChI is InChI=1S/C64H45N3/c1-5-16-53(17-6-1)65(54-18-7-2-8-19-54)57-36-26-46(27-37-57)48-30-40-59(41-31-48)67(62-45-35-52-25-24-50-14-13-15-51-34-44-61(62)64(52)63(50)51)60-42-32-49(33-43-60)47-28-38-58(39-29-47)66(55-20-9-3-10-21-55)56-22-11-4-12-23-56/h1-45H. The molecule has 0 fully saturated rings. The molecule has 0 saturated heterocycles. The van der Waals surface area contributed by atoms with Crippen LogP contribution < -0.4 is 14.7 Å². The lowest BCUT2D eigenvalue weighted by Crippen LogP contribution is -2.10. The predicted octanol–water partition coefficient (Wildman–Crippen LogP) is 18.3. The Morgan fingerprint density at radius 1 is 0.179 bits per heavy atom. The van der Waals surface area contributed by atoms with Gasteiger partial charge in [-0.2, -0.15) is 0 Å². The quantitative estimate of drug-likeness (QED) is 0.120. The Hall–Kier alpha value is -8.92. The van der Waals surface area contributed by atoms with E-state index < -0.39 is 0 Å². The zero-order chi connectivity index (χ0) is 44.5. The zero-order valence-electron chi connectivity index (χ0n) is 36.8. The third-order valence-corrected chi connectivity index (χ3v) is 13.0. The molecule has 12 aromatic carbocycles. The maximum atomic E-state index is 2.42. The second kappa shape index (κ2) is 17.2. The van der Waals surface area contributed by atoms with E-state index in [9.17, 15) is 0 Å². The lowest BCUT2D eigenvalue weighted by atomic mass is 9.93. The molecule has 0 atom stereocenters. The molecule has 67 heavy (non-hydrogen) atoms. The Balaban J connectivity index is 0.906. The maximum Gasteiger partial charge on any atom is 0.0540 e. The first-order chi connectivity index (χ1) is 33.2. The second-order valence-electron chi connectivity index (χ2n) is 17.0. The van der Waals surface area contributed by atoms with E-state index in [1.54, 1.807) is 0 Å². The van der Waals surface area contributed by atoms with Gasteiger partial charge in [-0.25, -0.2) is 0 Å². The fourth-order valence-corrected chi connectivity index (χ4v) is 9.76. The molecule has 316 valence electrons. The summed E-state index contributed by atoms with van der Waals surface area (Å²) in [5, 5.41) is 7.60. The largest absolute Gasteiger partial charge is 0.311 e. The van der Waals surface area contributed by atoms with Crippen LogP contribution in [-0.2, 0) is 0 Å². The van der Waals surface area contributed by atoms with Crippen molar-refractivity contribution in [1.82, 2.24) is 0 Å². The van der Waals surface area contributed by atoms with E-state index in [-0.39, 0.29) is 0 Å². The number of anilines is 9. The van der Waals surface area contributed by atoms with E-state index in [0.717, 1.165) is 73.4 Å². The summed E-state index contributed by atoms with van der Waals surface area (Å²) >= 11 is 0. The summed E-state index contributed by atoms with van der Waals surface area (Å²) in [6.07, 6.45) is 0. The van der Waals surface area contributed by atoms with Gasteiger partial charge in [-0.1, -0.05) is 170 Å². The molecular formula is C64H45N3. The van der Waals surface area contributed by atoms with Crippen molar-refractivity contribution in [3.05, 3.63) is 273 Å². The molecule has 0 bridgehead atoms. The summed E-state index contributed by atoms with van der Waals surface area (Å²) in [4.78, 5) is 7.01. The van der Waals surface area contributed by atoms with Crippen LogP contribution in [0.1, 0.15) is 0 Å². The van der Waals surface area contributed by atoms with Crippen LogP contribution in [0.25, 0.3) is 54.6 Å². The van der Waals surface area contributed by atoms with Gasteiger partial charge < -0.3 is 14.7 Å². The van der Waals surface area contributed by atoms with Gasteiger partial charge >= 0.3 is 0 Å². The topological polar surface area (TPSA) is 9.72 Å². The van der Waals surface area contributed by atoms with Crippen LogP contribution in [0, 0.1) is 0 Å². The van der Waals surface area contributed by atoms with Crippen LogP contribution in [0.5, 0.6) is 0 Å². The first-order valence-corrected chi connectivity index (χ1v) is 22.9. The van der Waals surface area contributed by atoms with Gasteiger partial charge in [0.05, 0.1) is 5.69 Å². The molecule has 0 aliphatic rings. The van der Waals surface area contributed by atoms with E-state index in [0.29, 0.717) is 0 Å². The fourth-order valence-electron chi connectivity index (χ4n) is 9.76. The smallest absolute Gasteiger partial charge is 0.0540 e. The molecule has 0 aliphatic carbocycles. The van der Waals surface area contributed by atoms with Gasteiger partial charge in [0.2, 0.25) is 0 Å². The molecule has 0 aliphatic heterocycles. The lowest BCUT2D eigenvalue weighted by Gasteiger charge is -2.28. The third-order valence-electron chi connectivity index (χ3n) is 13.0. The van der Waals surface area contributed by atoms with Crippen molar-refractivity contribution in [3.8, 4) is 22.3 Å². The molecule has 0 unspecified atom stereocenters. The van der Waals surface area contributed by atoms with Crippen molar-refractivity contribution in [1.29, 1.82) is 0 Å². The molecular weight excluding hydrogens is 811 g/mol. The first kappa shape index (κ1) is 39.7. The molecule has 0 N–H and O–H groups in total. The fraction of sp³-hybridized carbons (Fsp3) is 0. The SMILES string of the molecule is c1ccc(N(c2ccccc2)c2ccc(-c3ccc(N(c4ccc(-c5ccc(N(c6ccccc6)c6ccccc6)cc5)cc4)c4ccc5ccc6cccc7ccc4c5c67)cc3)cc2)cc1. The van der Waals surface area contributed by atoms with Crippen molar-refractivity contribution >= 4 is 83.5 Å². The molecule has 0 amide bonds. The molecule has 0 spiro atoms. The highest BCUT2D eigenvalue weighted by Gasteiger charge is 2.20. The molecule has 0 heterocycles. The number of para-hydroxylation sites is 4. The van der Waals surface area contributed by atoms with Crippen molar-refractivity contribution in [2.24, 2.45) is 0 Å². The first-order valence-electron chi connectivity index (χ1n) is 22.9. The Morgan fingerprint density at radius 3 is 0.821 bits per heavy atom. The minimum absolute atomic E-state index is 1.09. The minimum atomic E-state index is 1.09. The summed E-state index contributed by atoms with van der Waals surface area (Å²) in [6, 6.07) is 98.4. The highest BCUT2D eigenvalue weighted by Crippen LogP contribution is 2.45. The van der Waals surface area contributed by atoms with Crippen LogP contribution in [0.4, 0.5) is 51.2 Å². The average molecular weight is 856 g/mol. The summed E-state index contributed by atoms with van der Waals surface area (Å²) in [6.45, 7) is 0. The third kappa shape index (κ3) is 7.49. The van der Waals surface area contributed by atoms with Crippen molar-refractivity contribution < 1.29 is 0 Å². The van der Waals surface area contributed by atoms with Crippen LogP contribution in [0.15, 0.2) is 273 Å². The van der Waals surface area contributed by atoms with E-state index >= 15 is 0 Å². The van der Waals surface area contributed by atoms with E-state index in [1.807, 2.05) is 0 Å². The number of benzene rings is 12. The Kier molecular flexibility index (Phi) is 10.2. The summed E-state index contributed by atoms with van der Waals surface area (Å²) in [5.41, 5.74) is 14.7. The van der Waals surface area contributed by atoms with Gasteiger partial charge in [-0.3, -0.25) is 0 Å². The maximum absolute atomic E-state index is 2.42. The van der Waals surface area contributed by atoms with Crippen LogP contribution >= 0.6 is 0 Å². The zero-order valence-corrected chi connectivity index (χ0v) is 36.8. The number of nitrogens with zero attached hydrogens (tertiary/aromatic N) is 3. The van der Waals surface area contributed by atoms with Crippen LogP contribution in [-0.4, -0.2) is 0 Å². The Bertz CT molecular complexity index is 3310. The normalized spacial score (nSPS) is 11.3.